The Kier molecular flexibility index (Phi) is 5.70. The maximum absolute atomic E-state index is 13.9. The summed E-state index contributed by atoms with van der Waals surface area (Å²) in [5, 5.41) is 6.01. The van der Waals surface area contributed by atoms with Crippen molar-refractivity contribution < 1.29 is 13.5 Å². The lowest BCUT2D eigenvalue weighted by molar-refractivity contribution is 0.210. The molecule has 1 heterocycles. The molecule has 2 N–H and O–H groups in total. The van der Waals surface area contributed by atoms with Gasteiger partial charge in [-0.05, 0) is 12.1 Å². The Labute approximate surface area is 150 Å². The summed E-state index contributed by atoms with van der Waals surface area (Å²) in [6, 6.07) is 14.4. The van der Waals surface area contributed by atoms with Crippen molar-refractivity contribution in [2.45, 2.75) is 0 Å². The van der Waals surface area contributed by atoms with Gasteiger partial charge in [0.25, 0.3) is 0 Å². The number of methoxy groups -OCH3 is 1. The largest absolute Gasteiger partial charge is 0.383 e. The minimum absolute atomic E-state index is 0.131. The molecule has 0 spiro atoms. The van der Waals surface area contributed by atoms with Crippen molar-refractivity contribution in [1.82, 2.24) is 9.97 Å². The fraction of sp³-hybridized carbons (Fsp3) is 0.158. The molecule has 0 unspecified atom stereocenters. The van der Waals surface area contributed by atoms with Gasteiger partial charge in [-0.25, -0.2) is 18.7 Å². The van der Waals surface area contributed by atoms with Crippen LogP contribution in [0.2, 0.25) is 0 Å². The minimum Gasteiger partial charge on any atom is -0.383 e. The molecule has 3 rings (SSSR count). The molecule has 0 fully saturated rings. The Morgan fingerprint density at radius 3 is 2.46 bits per heavy atom. The standard InChI is InChI=1S/C19H18F2N4O/c1-26-10-9-22-17-12-18(23-16-8-7-14(20)11-15(16)21)25-19(24-17)13-5-3-2-4-6-13/h2-8,11-12H,9-10H2,1H3,(H2,22,23,24,25). The number of rotatable bonds is 7. The van der Waals surface area contributed by atoms with E-state index in [-0.39, 0.29) is 5.69 Å². The lowest BCUT2D eigenvalue weighted by Gasteiger charge is -2.12. The Morgan fingerprint density at radius 2 is 1.73 bits per heavy atom. The molecule has 134 valence electrons. The first-order chi connectivity index (χ1) is 12.7. The van der Waals surface area contributed by atoms with Gasteiger partial charge in [0.1, 0.15) is 23.3 Å². The van der Waals surface area contributed by atoms with Gasteiger partial charge >= 0.3 is 0 Å². The lowest BCUT2D eigenvalue weighted by atomic mass is 10.2. The molecular weight excluding hydrogens is 338 g/mol. The van der Waals surface area contributed by atoms with E-state index < -0.39 is 11.6 Å². The fourth-order valence-electron chi connectivity index (χ4n) is 2.33. The second-order valence-corrected chi connectivity index (χ2v) is 5.50. The van der Waals surface area contributed by atoms with Gasteiger partial charge in [-0.15, -0.1) is 0 Å². The number of aromatic nitrogens is 2. The van der Waals surface area contributed by atoms with E-state index in [0.717, 1.165) is 11.6 Å². The third-order valence-corrected chi connectivity index (χ3v) is 3.56. The Morgan fingerprint density at radius 1 is 0.962 bits per heavy atom. The summed E-state index contributed by atoms with van der Waals surface area (Å²) in [5.74, 6) is 0.115. The second-order valence-electron chi connectivity index (χ2n) is 5.50. The Balaban J connectivity index is 1.93. The zero-order chi connectivity index (χ0) is 18.4. The molecule has 0 bridgehead atoms. The molecule has 0 aliphatic rings. The molecule has 0 radical (unpaired) electrons. The zero-order valence-corrected chi connectivity index (χ0v) is 14.2. The van der Waals surface area contributed by atoms with Crippen LogP contribution < -0.4 is 10.6 Å². The van der Waals surface area contributed by atoms with Crippen LogP contribution in [0.4, 0.5) is 26.1 Å². The third kappa shape index (κ3) is 4.52. The first kappa shape index (κ1) is 17.8. The average Bonchev–Trinajstić information content (AvgIpc) is 2.65. The van der Waals surface area contributed by atoms with Gasteiger partial charge in [0.05, 0.1) is 12.3 Å². The van der Waals surface area contributed by atoms with E-state index in [4.69, 9.17) is 4.74 Å². The highest BCUT2D eigenvalue weighted by Gasteiger charge is 2.10. The van der Waals surface area contributed by atoms with Crippen LogP contribution in [-0.4, -0.2) is 30.2 Å². The van der Waals surface area contributed by atoms with E-state index in [1.807, 2.05) is 30.3 Å². The van der Waals surface area contributed by atoms with Crippen molar-refractivity contribution in [3.63, 3.8) is 0 Å². The van der Waals surface area contributed by atoms with Gasteiger partial charge in [-0.3, -0.25) is 0 Å². The van der Waals surface area contributed by atoms with Gasteiger partial charge in [-0.2, -0.15) is 0 Å². The van der Waals surface area contributed by atoms with Crippen LogP contribution in [0.3, 0.4) is 0 Å². The molecule has 0 saturated heterocycles. The topological polar surface area (TPSA) is 59.1 Å². The number of hydrogen-bond acceptors (Lipinski definition) is 5. The van der Waals surface area contributed by atoms with Crippen molar-refractivity contribution in [3.8, 4) is 11.4 Å². The number of nitrogens with one attached hydrogen (secondary N) is 2. The normalized spacial score (nSPS) is 10.6. The summed E-state index contributed by atoms with van der Waals surface area (Å²) >= 11 is 0. The van der Waals surface area contributed by atoms with Gasteiger partial charge < -0.3 is 15.4 Å². The number of nitrogens with zero attached hydrogens (tertiary/aromatic N) is 2. The summed E-state index contributed by atoms with van der Waals surface area (Å²) in [6.07, 6.45) is 0. The number of ether oxygens (including phenoxy) is 1. The quantitative estimate of drug-likeness (QED) is 0.621. The predicted molar refractivity (Wildman–Crippen MR) is 97.5 cm³/mol. The molecule has 5 nitrogen and oxygen atoms in total. The molecule has 0 aliphatic heterocycles. The van der Waals surface area contributed by atoms with E-state index in [9.17, 15) is 8.78 Å². The summed E-state index contributed by atoms with van der Waals surface area (Å²) in [7, 11) is 1.61. The van der Waals surface area contributed by atoms with E-state index >= 15 is 0 Å². The molecule has 3 aromatic rings. The molecule has 7 heteroatoms. The first-order valence-electron chi connectivity index (χ1n) is 8.05. The van der Waals surface area contributed by atoms with Crippen LogP contribution >= 0.6 is 0 Å². The van der Waals surface area contributed by atoms with Crippen LogP contribution in [0.5, 0.6) is 0 Å². The highest BCUT2D eigenvalue weighted by atomic mass is 19.1. The van der Waals surface area contributed by atoms with Gasteiger partial charge in [0.15, 0.2) is 5.82 Å². The molecule has 0 amide bonds. The molecule has 0 aliphatic carbocycles. The van der Waals surface area contributed by atoms with E-state index in [2.05, 4.69) is 20.6 Å². The zero-order valence-electron chi connectivity index (χ0n) is 14.2. The van der Waals surface area contributed by atoms with Crippen molar-refractivity contribution in [2.75, 3.05) is 30.9 Å². The lowest BCUT2D eigenvalue weighted by Crippen LogP contribution is -2.10. The van der Waals surface area contributed by atoms with Gasteiger partial charge in [0, 0.05) is 31.4 Å². The first-order valence-corrected chi connectivity index (χ1v) is 8.05. The molecule has 2 aromatic carbocycles. The molecule has 26 heavy (non-hydrogen) atoms. The number of benzene rings is 2. The van der Waals surface area contributed by atoms with E-state index in [1.54, 1.807) is 13.2 Å². The highest BCUT2D eigenvalue weighted by Crippen LogP contribution is 2.24. The van der Waals surface area contributed by atoms with Crippen molar-refractivity contribution in [3.05, 3.63) is 66.2 Å². The minimum atomic E-state index is -0.696. The van der Waals surface area contributed by atoms with Crippen molar-refractivity contribution >= 4 is 17.3 Å². The Hall–Kier alpha value is -3.06. The average molecular weight is 356 g/mol. The van der Waals surface area contributed by atoms with E-state index in [1.165, 1.54) is 12.1 Å². The summed E-state index contributed by atoms with van der Waals surface area (Å²) in [5.41, 5.74) is 0.956. The van der Waals surface area contributed by atoms with Crippen LogP contribution in [0.15, 0.2) is 54.6 Å². The van der Waals surface area contributed by atoms with Crippen LogP contribution in [0.1, 0.15) is 0 Å². The predicted octanol–water partition coefficient (Wildman–Crippen LogP) is 4.22. The Bertz CT molecular complexity index is 875. The molecule has 1 aromatic heterocycles. The number of anilines is 3. The third-order valence-electron chi connectivity index (χ3n) is 3.56. The summed E-state index contributed by atoms with van der Waals surface area (Å²) in [6.45, 7) is 1.08. The smallest absolute Gasteiger partial charge is 0.163 e. The monoisotopic (exact) mass is 356 g/mol. The van der Waals surface area contributed by atoms with Crippen molar-refractivity contribution in [1.29, 1.82) is 0 Å². The van der Waals surface area contributed by atoms with Crippen LogP contribution in [0, 0.1) is 11.6 Å². The molecular formula is C19H18F2N4O. The van der Waals surface area contributed by atoms with Crippen molar-refractivity contribution in [2.24, 2.45) is 0 Å². The fourth-order valence-corrected chi connectivity index (χ4v) is 2.33. The van der Waals surface area contributed by atoms with E-state index in [0.29, 0.717) is 30.6 Å². The van der Waals surface area contributed by atoms with Gasteiger partial charge in [0.2, 0.25) is 0 Å². The molecule has 0 atom stereocenters. The SMILES string of the molecule is COCCNc1cc(Nc2ccc(F)cc2F)nc(-c2ccccc2)n1. The maximum Gasteiger partial charge on any atom is 0.163 e. The summed E-state index contributed by atoms with van der Waals surface area (Å²) in [4.78, 5) is 8.92. The maximum atomic E-state index is 13.9. The summed E-state index contributed by atoms with van der Waals surface area (Å²) < 4.78 is 32.0. The van der Waals surface area contributed by atoms with Crippen LogP contribution in [0.25, 0.3) is 11.4 Å². The second kappa shape index (κ2) is 8.35. The highest BCUT2D eigenvalue weighted by molar-refractivity contribution is 5.65. The van der Waals surface area contributed by atoms with Gasteiger partial charge in [-0.1, -0.05) is 30.3 Å². The number of halogens is 2. The number of hydrogen-bond donors (Lipinski definition) is 2. The van der Waals surface area contributed by atoms with Crippen LogP contribution in [-0.2, 0) is 4.74 Å². The molecule has 0 saturated carbocycles.